The van der Waals surface area contributed by atoms with E-state index in [1.807, 2.05) is 0 Å². The van der Waals surface area contributed by atoms with E-state index in [2.05, 4.69) is 15.3 Å². The zero-order valence-electron chi connectivity index (χ0n) is 8.89. The molecule has 0 aliphatic carbocycles. The van der Waals surface area contributed by atoms with Gasteiger partial charge in [0.15, 0.2) is 12.0 Å². The summed E-state index contributed by atoms with van der Waals surface area (Å²) in [4.78, 5) is 7.58. The van der Waals surface area contributed by atoms with Crippen LogP contribution in [0.3, 0.4) is 0 Å². The molecule has 8 heteroatoms. The molecule has 0 bridgehead atoms. The largest absolute Gasteiger partial charge is 0.394 e. The van der Waals surface area contributed by atoms with Crippen LogP contribution in [-0.2, 0) is 4.74 Å². The zero-order chi connectivity index (χ0) is 12.4. The highest BCUT2D eigenvalue weighted by atomic mass is 16.5. The van der Waals surface area contributed by atoms with Gasteiger partial charge in [0.2, 0.25) is 0 Å². The molecule has 0 spiro atoms. The lowest BCUT2D eigenvalue weighted by Crippen LogP contribution is -2.55. The van der Waals surface area contributed by atoms with Crippen molar-refractivity contribution in [2.24, 2.45) is 0 Å². The molecule has 0 amide bonds. The first kappa shape index (κ1) is 12.0. The van der Waals surface area contributed by atoms with Gasteiger partial charge >= 0.3 is 0 Å². The first-order chi connectivity index (χ1) is 8.09. The molecule has 2 rings (SSSR count). The molecule has 0 saturated carbocycles. The van der Waals surface area contributed by atoms with E-state index in [0.717, 1.165) is 0 Å². The van der Waals surface area contributed by atoms with Gasteiger partial charge in [0.25, 0.3) is 0 Å². The Morgan fingerprint density at radius 2 is 2.12 bits per heavy atom. The monoisotopic (exact) mass is 242 g/mol. The van der Waals surface area contributed by atoms with Crippen LogP contribution >= 0.6 is 0 Å². The third-order valence-electron chi connectivity index (χ3n) is 2.52. The average Bonchev–Trinajstić information content (AvgIpc) is 2.32. The van der Waals surface area contributed by atoms with Gasteiger partial charge in [0.1, 0.15) is 24.6 Å². The SMILES string of the molecule is Nc1cncnc1N[C@@H]1OC[C@@H](O)[C@@H](O)[C@H]1O. The van der Waals surface area contributed by atoms with Gasteiger partial charge in [0, 0.05) is 0 Å². The number of hydrogen-bond acceptors (Lipinski definition) is 8. The lowest BCUT2D eigenvalue weighted by atomic mass is 10.0. The van der Waals surface area contributed by atoms with Crippen molar-refractivity contribution in [3.63, 3.8) is 0 Å². The first-order valence-corrected chi connectivity index (χ1v) is 5.07. The molecule has 6 N–H and O–H groups in total. The van der Waals surface area contributed by atoms with E-state index >= 15 is 0 Å². The number of hydrogen-bond donors (Lipinski definition) is 5. The highest BCUT2D eigenvalue weighted by Gasteiger charge is 2.37. The number of nitrogens with two attached hydrogens (primary N) is 1. The molecule has 2 heterocycles. The van der Waals surface area contributed by atoms with E-state index in [9.17, 15) is 15.3 Å². The van der Waals surface area contributed by atoms with E-state index in [0.29, 0.717) is 11.5 Å². The molecule has 0 aromatic carbocycles. The maximum absolute atomic E-state index is 9.68. The lowest BCUT2D eigenvalue weighted by molar-refractivity contribution is -0.178. The molecule has 8 nitrogen and oxygen atoms in total. The summed E-state index contributed by atoms with van der Waals surface area (Å²) in [6.07, 6.45) is -1.84. The summed E-state index contributed by atoms with van der Waals surface area (Å²) in [6, 6.07) is 0. The molecular formula is C9H14N4O4. The number of nitrogens with one attached hydrogen (secondary N) is 1. The molecule has 4 atom stereocenters. The molecule has 17 heavy (non-hydrogen) atoms. The average molecular weight is 242 g/mol. The van der Waals surface area contributed by atoms with Crippen LogP contribution in [0.25, 0.3) is 0 Å². The second-order valence-electron chi connectivity index (χ2n) is 3.77. The number of rotatable bonds is 2. The van der Waals surface area contributed by atoms with E-state index < -0.39 is 24.5 Å². The minimum absolute atomic E-state index is 0.0825. The Labute approximate surface area is 97.1 Å². The Balaban J connectivity index is 2.07. The number of aliphatic hydroxyl groups excluding tert-OH is 3. The number of nitrogens with zero attached hydrogens (tertiary/aromatic N) is 2. The van der Waals surface area contributed by atoms with Crippen LogP contribution in [0.4, 0.5) is 11.5 Å². The van der Waals surface area contributed by atoms with Crippen molar-refractivity contribution in [3.8, 4) is 0 Å². The van der Waals surface area contributed by atoms with Gasteiger partial charge in [0.05, 0.1) is 18.5 Å². The van der Waals surface area contributed by atoms with Crippen molar-refractivity contribution in [2.75, 3.05) is 17.7 Å². The zero-order valence-corrected chi connectivity index (χ0v) is 8.89. The highest BCUT2D eigenvalue weighted by Crippen LogP contribution is 2.19. The summed E-state index contributed by atoms with van der Waals surface area (Å²) >= 11 is 0. The first-order valence-electron chi connectivity index (χ1n) is 5.07. The maximum atomic E-state index is 9.68. The molecule has 1 saturated heterocycles. The van der Waals surface area contributed by atoms with Gasteiger partial charge in [-0.05, 0) is 0 Å². The van der Waals surface area contributed by atoms with Gasteiger partial charge in [-0.3, -0.25) is 0 Å². The predicted molar refractivity (Wildman–Crippen MR) is 57.8 cm³/mol. The smallest absolute Gasteiger partial charge is 0.157 e. The summed E-state index contributed by atoms with van der Waals surface area (Å²) < 4.78 is 5.14. The van der Waals surface area contributed by atoms with Crippen LogP contribution in [0.1, 0.15) is 0 Å². The highest BCUT2D eigenvalue weighted by molar-refractivity contribution is 5.59. The number of nitrogen functional groups attached to an aromatic ring is 1. The second kappa shape index (κ2) is 4.80. The molecule has 1 aromatic heterocycles. The van der Waals surface area contributed by atoms with Crippen LogP contribution in [0.15, 0.2) is 12.5 Å². The van der Waals surface area contributed by atoms with Crippen molar-refractivity contribution >= 4 is 11.5 Å². The van der Waals surface area contributed by atoms with E-state index in [-0.39, 0.29) is 6.61 Å². The fourth-order valence-corrected chi connectivity index (χ4v) is 1.53. The van der Waals surface area contributed by atoms with Crippen molar-refractivity contribution in [1.29, 1.82) is 0 Å². The summed E-state index contributed by atoms with van der Waals surface area (Å²) in [5, 5.41) is 31.2. The summed E-state index contributed by atoms with van der Waals surface area (Å²) in [6.45, 7) is -0.0825. The van der Waals surface area contributed by atoms with Gasteiger partial charge in [-0.1, -0.05) is 0 Å². The van der Waals surface area contributed by atoms with Crippen molar-refractivity contribution in [3.05, 3.63) is 12.5 Å². The molecule has 94 valence electrons. The summed E-state index contributed by atoms with van der Waals surface area (Å²) in [7, 11) is 0. The van der Waals surface area contributed by atoms with Crippen LogP contribution in [0.5, 0.6) is 0 Å². The van der Waals surface area contributed by atoms with Crippen molar-refractivity contribution in [1.82, 2.24) is 9.97 Å². The Hall–Kier alpha value is -1.48. The second-order valence-corrected chi connectivity index (χ2v) is 3.77. The summed E-state index contributed by atoms with van der Waals surface area (Å²) in [5.74, 6) is 0.299. The topological polar surface area (TPSA) is 134 Å². The van der Waals surface area contributed by atoms with Crippen molar-refractivity contribution in [2.45, 2.75) is 24.5 Å². The van der Waals surface area contributed by atoms with Crippen LogP contribution < -0.4 is 11.1 Å². The lowest BCUT2D eigenvalue weighted by Gasteiger charge is -2.35. The minimum atomic E-state index is -1.27. The standard InChI is InChI=1S/C9H14N4O4/c10-4-1-11-3-12-8(4)13-9-7(16)6(15)5(14)2-17-9/h1,3,5-7,9,14-16H,2,10H2,(H,11,12,13)/t5-,6-,7-,9-/m1/s1. The van der Waals surface area contributed by atoms with Gasteiger partial charge < -0.3 is 31.1 Å². The number of aliphatic hydroxyl groups is 3. The minimum Gasteiger partial charge on any atom is -0.394 e. The number of anilines is 2. The Morgan fingerprint density at radius 1 is 1.35 bits per heavy atom. The van der Waals surface area contributed by atoms with E-state index in [1.165, 1.54) is 12.5 Å². The van der Waals surface area contributed by atoms with Crippen LogP contribution in [0.2, 0.25) is 0 Å². The molecule has 0 radical (unpaired) electrons. The molecule has 1 aliphatic rings. The third-order valence-corrected chi connectivity index (χ3v) is 2.52. The molecule has 1 fully saturated rings. The molecule has 1 aliphatic heterocycles. The van der Waals surface area contributed by atoms with Crippen LogP contribution in [-0.4, -0.2) is 56.4 Å². The fourth-order valence-electron chi connectivity index (χ4n) is 1.53. The van der Waals surface area contributed by atoms with Crippen LogP contribution in [0, 0.1) is 0 Å². The Bertz CT molecular complexity index is 391. The van der Waals surface area contributed by atoms with E-state index in [1.54, 1.807) is 0 Å². The molecule has 1 aromatic rings. The fraction of sp³-hybridized carbons (Fsp3) is 0.556. The number of ether oxygens (including phenoxy) is 1. The molecule has 0 unspecified atom stereocenters. The maximum Gasteiger partial charge on any atom is 0.157 e. The number of aromatic nitrogens is 2. The quantitative estimate of drug-likeness (QED) is 0.398. The normalized spacial score (nSPS) is 33.4. The van der Waals surface area contributed by atoms with E-state index in [4.69, 9.17) is 10.5 Å². The van der Waals surface area contributed by atoms with Gasteiger partial charge in [-0.15, -0.1) is 0 Å². The summed E-state index contributed by atoms with van der Waals surface area (Å²) in [5.41, 5.74) is 5.90. The van der Waals surface area contributed by atoms with Gasteiger partial charge in [-0.25, -0.2) is 9.97 Å². The Kier molecular flexibility index (Phi) is 3.38. The molecular weight excluding hydrogens is 228 g/mol. The third kappa shape index (κ3) is 2.44. The van der Waals surface area contributed by atoms with Crippen molar-refractivity contribution < 1.29 is 20.1 Å². The van der Waals surface area contributed by atoms with Gasteiger partial charge in [-0.2, -0.15) is 0 Å². The predicted octanol–water partition coefficient (Wildman–Crippen LogP) is -2.09. The Morgan fingerprint density at radius 3 is 2.82 bits per heavy atom.